The molecular weight excluding hydrogens is 166 g/mol. The number of hydrogen-bond donors (Lipinski definition) is 0. The Hall–Kier alpha value is -1.71. The Morgan fingerprint density at radius 2 is 2.46 bits per heavy atom. The van der Waals surface area contributed by atoms with Gasteiger partial charge in [0.05, 0.1) is 0 Å². The molecule has 0 aliphatic rings. The molecule has 0 aliphatic heterocycles. The number of rotatable bonds is 2. The van der Waals surface area contributed by atoms with Gasteiger partial charge in [-0.25, -0.2) is 9.50 Å². The summed E-state index contributed by atoms with van der Waals surface area (Å²) in [5.74, 6) is 0. The maximum atomic E-state index is 10.4. The third-order valence-electron chi connectivity index (χ3n) is 1.91. The van der Waals surface area contributed by atoms with Gasteiger partial charge in [-0.3, -0.25) is 4.79 Å². The number of carbonyl (C=O) groups is 1. The van der Waals surface area contributed by atoms with Crippen LogP contribution in [0.15, 0.2) is 18.5 Å². The molecule has 0 amide bonds. The number of aryl methyl sites for hydroxylation is 1. The van der Waals surface area contributed by atoms with Gasteiger partial charge in [0, 0.05) is 18.5 Å². The summed E-state index contributed by atoms with van der Waals surface area (Å²) in [6, 6.07) is 1.66. The lowest BCUT2D eigenvalue weighted by atomic mass is 10.3. The second-order valence-electron chi connectivity index (χ2n) is 2.81. The summed E-state index contributed by atoms with van der Waals surface area (Å²) in [5.41, 5.74) is 2.23. The lowest BCUT2D eigenvalue weighted by molar-refractivity contribution is 0.111. The zero-order valence-electron chi connectivity index (χ0n) is 7.27. The van der Waals surface area contributed by atoms with Crippen LogP contribution in [0.2, 0.25) is 0 Å². The fourth-order valence-corrected chi connectivity index (χ4v) is 1.17. The average Bonchev–Trinajstić information content (AvgIpc) is 2.58. The summed E-state index contributed by atoms with van der Waals surface area (Å²) in [5, 5.41) is 4.03. The van der Waals surface area contributed by atoms with E-state index < -0.39 is 0 Å². The highest BCUT2D eigenvalue weighted by Gasteiger charge is 2.01. The molecule has 13 heavy (non-hydrogen) atoms. The van der Waals surface area contributed by atoms with Crippen LogP contribution in [0.3, 0.4) is 0 Å². The summed E-state index contributed by atoms with van der Waals surface area (Å²) in [6.07, 6.45) is 5.32. The molecule has 0 atom stereocenters. The van der Waals surface area contributed by atoms with Crippen molar-refractivity contribution >= 4 is 11.9 Å². The van der Waals surface area contributed by atoms with E-state index in [0.29, 0.717) is 11.3 Å². The largest absolute Gasteiger partial charge is 0.296 e. The number of aromatic nitrogens is 3. The van der Waals surface area contributed by atoms with Crippen molar-refractivity contribution in [2.75, 3.05) is 0 Å². The van der Waals surface area contributed by atoms with Gasteiger partial charge in [-0.05, 0) is 12.0 Å². The molecule has 0 aliphatic carbocycles. The second-order valence-corrected chi connectivity index (χ2v) is 2.81. The van der Waals surface area contributed by atoms with Crippen LogP contribution in [0, 0.1) is 0 Å². The molecule has 4 nitrogen and oxygen atoms in total. The van der Waals surface area contributed by atoms with Gasteiger partial charge >= 0.3 is 0 Å². The molecule has 2 aromatic heterocycles. The van der Waals surface area contributed by atoms with Gasteiger partial charge in [0.25, 0.3) is 0 Å². The lowest BCUT2D eigenvalue weighted by Gasteiger charge is -1.95. The van der Waals surface area contributed by atoms with Crippen molar-refractivity contribution < 1.29 is 4.79 Å². The van der Waals surface area contributed by atoms with Gasteiger partial charge in [0.2, 0.25) is 0 Å². The predicted molar refractivity (Wildman–Crippen MR) is 47.8 cm³/mol. The summed E-state index contributed by atoms with van der Waals surface area (Å²) in [6.45, 7) is 2.05. The van der Waals surface area contributed by atoms with Crippen molar-refractivity contribution in [2.45, 2.75) is 13.3 Å². The highest BCUT2D eigenvalue weighted by Crippen LogP contribution is 2.04. The molecular formula is C9H9N3O. The van der Waals surface area contributed by atoms with Crippen LogP contribution in [0.5, 0.6) is 0 Å². The third-order valence-corrected chi connectivity index (χ3v) is 1.91. The van der Waals surface area contributed by atoms with Crippen molar-refractivity contribution in [2.24, 2.45) is 0 Å². The van der Waals surface area contributed by atoms with Crippen LogP contribution >= 0.6 is 0 Å². The van der Waals surface area contributed by atoms with Crippen LogP contribution in [0.25, 0.3) is 5.65 Å². The Morgan fingerprint density at radius 1 is 1.62 bits per heavy atom. The summed E-state index contributed by atoms with van der Waals surface area (Å²) in [4.78, 5) is 14.6. The molecule has 0 unspecified atom stereocenters. The second kappa shape index (κ2) is 2.97. The molecule has 2 heterocycles. The first-order valence-electron chi connectivity index (χ1n) is 4.13. The molecule has 0 spiro atoms. The van der Waals surface area contributed by atoms with E-state index in [0.717, 1.165) is 18.3 Å². The Balaban J connectivity index is 2.63. The highest BCUT2D eigenvalue weighted by atomic mass is 16.1. The fraction of sp³-hybridized carbons (Fsp3) is 0.222. The summed E-state index contributed by atoms with van der Waals surface area (Å²) < 4.78 is 1.63. The average molecular weight is 175 g/mol. The monoisotopic (exact) mass is 175 g/mol. The van der Waals surface area contributed by atoms with Crippen LogP contribution in [0.4, 0.5) is 0 Å². The number of aldehydes is 1. The van der Waals surface area contributed by atoms with E-state index in [1.165, 1.54) is 0 Å². The zero-order chi connectivity index (χ0) is 9.26. The Morgan fingerprint density at radius 3 is 3.15 bits per heavy atom. The quantitative estimate of drug-likeness (QED) is 0.642. The molecule has 0 aromatic carbocycles. The van der Waals surface area contributed by atoms with Crippen molar-refractivity contribution in [3.05, 3.63) is 29.7 Å². The third kappa shape index (κ3) is 1.30. The minimum Gasteiger partial charge on any atom is -0.296 e. The van der Waals surface area contributed by atoms with Crippen molar-refractivity contribution in [1.82, 2.24) is 14.6 Å². The number of fused-ring (bicyclic) bond motifs is 1. The van der Waals surface area contributed by atoms with E-state index in [9.17, 15) is 4.79 Å². The van der Waals surface area contributed by atoms with Gasteiger partial charge in [-0.2, -0.15) is 5.10 Å². The van der Waals surface area contributed by atoms with E-state index in [1.54, 1.807) is 16.8 Å². The SMILES string of the molecule is CCc1cnc2cc(C=O)nn2c1. The van der Waals surface area contributed by atoms with Gasteiger partial charge in [-0.1, -0.05) is 6.92 Å². The van der Waals surface area contributed by atoms with E-state index in [2.05, 4.69) is 10.1 Å². The minimum atomic E-state index is 0.417. The lowest BCUT2D eigenvalue weighted by Crippen LogP contribution is -1.93. The highest BCUT2D eigenvalue weighted by molar-refractivity contribution is 5.73. The van der Waals surface area contributed by atoms with Gasteiger partial charge < -0.3 is 0 Å². The molecule has 0 N–H and O–H groups in total. The topological polar surface area (TPSA) is 47.3 Å². The molecule has 4 heteroatoms. The predicted octanol–water partition coefficient (Wildman–Crippen LogP) is 1.10. The summed E-state index contributed by atoms with van der Waals surface area (Å²) in [7, 11) is 0. The zero-order valence-corrected chi connectivity index (χ0v) is 7.27. The van der Waals surface area contributed by atoms with Gasteiger partial charge in [0.15, 0.2) is 11.9 Å². The Labute approximate surface area is 75.2 Å². The van der Waals surface area contributed by atoms with Crippen LogP contribution in [0.1, 0.15) is 23.0 Å². The van der Waals surface area contributed by atoms with Crippen molar-refractivity contribution in [3.8, 4) is 0 Å². The molecule has 2 aromatic rings. The van der Waals surface area contributed by atoms with Gasteiger partial charge in [0.1, 0.15) is 5.69 Å². The van der Waals surface area contributed by atoms with E-state index in [-0.39, 0.29) is 0 Å². The van der Waals surface area contributed by atoms with Crippen LogP contribution < -0.4 is 0 Å². The molecule has 66 valence electrons. The number of nitrogens with zero attached hydrogens (tertiary/aromatic N) is 3. The molecule has 0 bridgehead atoms. The van der Waals surface area contributed by atoms with Gasteiger partial charge in [-0.15, -0.1) is 0 Å². The number of hydrogen-bond acceptors (Lipinski definition) is 3. The first-order valence-corrected chi connectivity index (χ1v) is 4.13. The van der Waals surface area contributed by atoms with E-state index in [1.807, 2.05) is 13.1 Å². The first kappa shape index (κ1) is 7.91. The minimum absolute atomic E-state index is 0.417. The Bertz CT molecular complexity index is 447. The molecule has 0 fully saturated rings. The number of carbonyl (C=O) groups excluding carboxylic acids is 1. The van der Waals surface area contributed by atoms with E-state index >= 15 is 0 Å². The smallest absolute Gasteiger partial charge is 0.170 e. The molecule has 0 radical (unpaired) electrons. The molecule has 2 rings (SSSR count). The first-order chi connectivity index (χ1) is 6.33. The van der Waals surface area contributed by atoms with E-state index in [4.69, 9.17) is 0 Å². The Kier molecular flexibility index (Phi) is 1.81. The van der Waals surface area contributed by atoms with Crippen LogP contribution in [-0.4, -0.2) is 20.9 Å². The normalized spacial score (nSPS) is 10.5. The summed E-state index contributed by atoms with van der Waals surface area (Å²) >= 11 is 0. The van der Waals surface area contributed by atoms with Crippen molar-refractivity contribution in [1.29, 1.82) is 0 Å². The molecule has 0 saturated carbocycles. The van der Waals surface area contributed by atoms with Crippen LogP contribution in [-0.2, 0) is 6.42 Å². The fourth-order valence-electron chi connectivity index (χ4n) is 1.17. The standard InChI is InChI=1S/C9H9N3O/c1-2-7-4-10-9-3-8(6-13)11-12(9)5-7/h3-6H,2H2,1H3. The maximum absolute atomic E-state index is 10.4. The molecule has 0 saturated heterocycles. The maximum Gasteiger partial charge on any atom is 0.170 e. The van der Waals surface area contributed by atoms with Crippen molar-refractivity contribution in [3.63, 3.8) is 0 Å².